The largest absolute Gasteiger partial charge is 0.419 e. The van der Waals surface area contributed by atoms with E-state index in [1.165, 1.54) is 19.9 Å². The second-order valence-electron chi connectivity index (χ2n) is 5.23. The Bertz CT molecular complexity index is 761. The molecule has 1 aromatic carbocycles. The zero-order valence-corrected chi connectivity index (χ0v) is 12.7. The normalized spacial score (nSPS) is 16.0. The van der Waals surface area contributed by atoms with Gasteiger partial charge < -0.3 is 20.5 Å². The van der Waals surface area contributed by atoms with E-state index in [1.54, 1.807) is 0 Å². The SMILES string of the molecule is CC1(C)OC(=O)C(=CNc2cc(C(N)=O)ccc2[N+](=O)[O-])C(=O)O1. The lowest BCUT2D eigenvalue weighted by molar-refractivity contribution is -0.383. The molecule has 0 aliphatic carbocycles. The van der Waals surface area contributed by atoms with Gasteiger partial charge in [-0.05, 0) is 12.1 Å². The number of nitrogens with two attached hydrogens (primary N) is 1. The first-order chi connectivity index (χ1) is 11.1. The Balaban J connectivity index is 2.35. The first-order valence-corrected chi connectivity index (χ1v) is 6.62. The number of esters is 2. The van der Waals surface area contributed by atoms with Gasteiger partial charge in [-0.15, -0.1) is 0 Å². The lowest BCUT2D eigenvalue weighted by Crippen LogP contribution is -2.42. The van der Waals surface area contributed by atoms with Gasteiger partial charge in [0.15, 0.2) is 5.57 Å². The van der Waals surface area contributed by atoms with E-state index in [-0.39, 0.29) is 16.9 Å². The summed E-state index contributed by atoms with van der Waals surface area (Å²) in [6, 6.07) is 3.38. The molecule has 0 radical (unpaired) electrons. The van der Waals surface area contributed by atoms with Crippen LogP contribution < -0.4 is 11.1 Å². The maximum atomic E-state index is 11.8. The number of amides is 1. The van der Waals surface area contributed by atoms with Gasteiger partial charge in [0, 0.05) is 31.7 Å². The van der Waals surface area contributed by atoms with Crippen molar-refractivity contribution in [2.24, 2.45) is 5.73 Å². The monoisotopic (exact) mass is 335 g/mol. The van der Waals surface area contributed by atoms with E-state index in [0.29, 0.717) is 0 Å². The van der Waals surface area contributed by atoms with Crippen LogP contribution in [0.25, 0.3) is 0 Å². The van der Waals surface area contributed by atoms with Crippen LogP contribution in [0.3, 0.4) is 0 Å². The van der Waals surface area contributed by atoms with Crippen molar-refractivity contribution in [3.63, 3.8) is 0 Å². The van der Waals surface area contributed by atoms with Gasteiger partial charge in [0.2, 0.25) is 5.91 Å². The summed E-state index contributed by atoms with van der Waals surface area (Å²) in [5, 5.41) is 13.4. The predicted molar refractivity (Wildman–Crippen MR) is 79.6 cm³/mol. The molecule has 0 aromatic heterocycles. The number of rotatable bonds is 4. The number of nitro benzene ring substituents is 1. The van der Waals surface area contributed by atoms with Crippen LogP contribution in [0.2, 0.25) is 0 Å². The number of carbonyl (C=O) groups is 3. The number of carbonyl (C=O) groups excluding carboxylic acids is 3. The van der Waals surface area contributed by atoms with Crippen molar-refractivity contribution in [1.29, 1.82) is 0 Å². The standard InChI is InChI=1S/C14H13N3O7/c1-14(2)23-12(19)8(13(20)24-14)6-16-9-5-7(11(15)18)3-4-10(9)17(21)22/h3-6,16H,1-2H3,(H2,15,18). The number of nitro groups is 1. The molecule has 10 nitrogen and oxygen atoms in total. The first-order valence-electron chi connectivity index (χ1n) is 6.62. The van der Waals surface area contributed by atoms with Gasteiger partial charge in [0.05, 0.1) is 4.92 Å². The molecule has 126 valence electrons. The minimum atomic E-state index is -1.40. The predicted octanol–water partition coefficient (Wildman–Crippen LogP) is 0.826. The maximum Gasteiger partial charge on any atom is 0.350 e. The Morgan fingerprint density at radius 1 is 1.29 bits per heavy atom. The molecule has 1 aromatic rings. The molecule has 0 unspecified atom stereocenters. The van der Waals surface area contributed by atoms with E-state index < -0.39 is 34.1 Å². The Hall–Kier alpha value is -3.43. The third-order valence-corrected chi connectivity index (χ3v) is 2.97. The fourth-order valence-corrected chi connectivity index (χ4v) is 1.89. The van der Waals surface area contributed by atoms with Crippen molar-refractivity contribution in [2.75, 3.05) is 5.32 Å². The summed E-state index contributed by atoms with van der Waals surface area (Å²) in [5.74, 6) is -4.09. The minimum absolute atomic E-state index is 0.0106. The molecule has 1 fully saturated rings. The topological polar surface area (TPSA) is 151 Å². The lowest BCUT2D eigenvalue weighted by Gasteiger charge is -2.29. The van der Waals surface area contributed by atoms with E-state index >= 15 is 0 Å². The average Bonchev–Trinajstić information content (AvgIpc) is 2.44. The Morgan fingerprint density at radius 2 is 1.88 bits per heavy atom. The van der Waals surface area contributed by atoms with Crippen LogP contribution in [0.1, 0.15) is 24.2 Å². The van der Waals surface area contributed by atoms with Gasteiger partial charge in [-0.1, -0.05) is 0 Å². The van der Waals surface area contributed by atoms with Crippen molar-refractivity contribution in [2.45, 2.75) is 19.6 Å². The molecule has 1 aliphatic heterocycles. The number of nitrogens with zero attached hydrogens (tertiary/aromatic N) is 1. The molecule has 0 atom stereocenters. The molecule has 1 aliphatic rings. The summed E-state index contributed by atoms with van der Waals surface area (Å²) in [5.41, 5.74) is 4.14. The van der Waals surface area contributed by atoms with Crippen molar-refractivity contribution < 1.29 is 28.8 Å². The van der Waals surface area contributed by atoms with Gasteiger partial charge in [-0.3, -0.25) is 14.9 Å². The molecule has 3 N–H and O–H groups in total. The van der Waals surface area contributed by atoms with Gasteiger partial charge in [-0.25, -0.2) is 9.59 Å². The molecule has 0 saturated carbocycles. The highest BCUT2D eigenvalue weighted by Crippen LogP contribution is 2.27. The molecular formula is C14H13N3O7. The fraction of sp³-hybridized carbons (Fsp3) is 0.214. The molecule has 24 heavy (non-hydrogen) atoms. The Labute approximate surface area is 135 Å². The summed E-state index contributed by atoms with van der Waals surface area (Å²) in [6.07, 6.45) is 0.910. The van der Waals surface area contributed by atoms with Crippen LogP contribution in [-0.2, 0) is 19.1 Å². The van der Waals surface area contributed by atoms with E-state index in [4.69, 9.17) is 15.2 Å². The first kappa shape index (κ1) is 16.9. The van der Waals surface area contributed by atoms with Crippen LogP contribution in [-0.4, -0.2) is 28.6 Å². The summed E-state index contributed by atoms with van der Waals surface area (Å²) in [6.45, 7) is 2.77. The van der Waals surface area contributed by atoms with Crippen LogP contribution in [0.4, 0.5) is 11.4 Å². The molecule has 1 saturated heterocycles. The second-order valence-corrected chi connectivity index (χ2v) is 5.23. The second kappa shape index (κ2) is 5.99. The molecule has 1 amide bonds. The number of hydrogen-bond acceptors (Lipinski definition) is 8. The third kappa shape index (κ3) is 3.48. The highest BCUT2D eigenvalue weighted by atomic mass is 16.7. The van der Waals surface area contributed by atoms with Gasteiger partial charge in [0.25, 0.3) is 11.5 Å². The van der Waals surface area contributed by atoms with E-state index in [2.05, 4.69) is 5.32 Å². The lowest BCUT2D eigenvalue weighted by atomic mass is 10.1. The van der Waals surface area contributed by atoms with Crippen molar-refractivity contribution in [3.05, 3.63) is 45.6 Å². The Kier molecular flexibility index (Phi) is 4.22. The number of primary amides is 1. The molecular weight excluding hydrogens is 322 g/mol. The number of ether oxygens (including phenoxy) is 2. The summed E-state index contributed by atoms with van der Waals surface area (Å²) in [7, 11) is 0. The van der Waals surface area contributed by atoms with Crippen molar-refractivity contribution >= 4 is 29.2 Å². The molecule has 2 rings (SSSR count). The molecule has 1 heterocycles. The van der Waals surface area contributed by atoms with Crippen LogP contribution in [0.15, 0.2) is 30.0 Å². The summed E-state index contributed by atoms with van der Waals surface area (Å²) in [4.78, 5) is 45.1. The number of anilines is 1. The number of cyclic esters (lactones) is 2. The molecule has 0 spiro atoms. The zero-order valence-electron chi connectivity index (χ0n) is 12.7. The quantitative estimate of drug-likeness (QED) is 0.270. The smallest absolute Gasteiger partial charge is 0.350 e. The van der Waals surface area contributed by atoms with Gasteiger partial charge >= 0.3 is 11.9 Å². The Morgan fingerprint density at radius 3 is 2.38 bits per heavy atom. The van der Waals surface area contributed by atoms with Gasteiger partial charge in [0.1, 0.15) is 5.69 Å². The van der Waals surface area contributed by atoms with E-state index in [0.717, 1.165) is 18.3 Å². The van der Waals surface area contributed by atoms with Crippen molar-refractivity contribution in [1.82, 2.24) is 0 Å². The van der Waals surface area contributed by atoms with E-state index in [9.17, 15) is 24.5 Å². The minimum Gasteiger partial charge on any atom is -0.419 e. The summed E-state index contributed by atoms with van der Waals surface area (Å²) < 4.78 is 9.77. The van der Waals surface area contributed by atoms with Crippen molar-refractivity contribution in [3.8, 4) is 0 Å². The number of benzene rings is 1. The average molecular weight is 335 g/mol. The van der Waals surface area contributed by atoms with Gasteiger partial charge in [-0.2, -0.15) is 0 Å². The number of hydrogen-bond donors (Lipinski definition) is 2. The van der Waals surface area contributed by atoms with Crippen LogP contribution in [0.5, 0.6) is 0 Å². The third-order valence-electron chi connectivity index (χ3n) is 2.97. The highest BCUT2D eigenvalue weighted by molar-refractivity contribution is 6.15. The zero-order chi connectivity index (χ0) is 18.1. The number of nitrogens with one attached hydrogen (secondary N) is 1. The molecule has 10 heteroatoms. The fourth-order valence-electron chi connectivity index (χ4n) is 1.89. The van der Waals surface area contributed by atoms with E-state index in [1.807, 2.05) is 0 Å². The molecule has 0 bridgehead atoms. The maximum absolute atomic E-state index is 11.8. The van der Waals surface area contributed by atoms with Crippen LogP contribution >= 0.6 is 0 Å². The highest BCUT2D eigenvalue weighted by Gasteiger charge is 2.39. The summed E-state index contributed by atoms with van der Waals surface area (Å²) >= 11 is 0. The van der Waals surface area contributed by atoms with Crippen LogP contribution in [0, 0.1) is 10.1 Å².